The third kappa shape index (κ3) is 1.57. The number of carbonyl (C=O) groups is 1. The molecule has 0 atom stereocenters. The summed E-state index contributed by atoms with van der Waals surface area (Å²) in [4.78, 5) is 15.4. The maximum Gasteiger partial charge on any atom is 0.320 e. The summed E-state index contributed by atoms with van der Waals surface area (Å²) in [6.07, 6.45) is 2.17. The fraction of sp³-hybridized carbons (Fsp3) is 0.889. The average molecular weight is 220 g/mol. The maximum atomic E-state index is 11.6. The molecule has 0 aromatic carbocycles. The highest BCUT2D eigenvalue weighted by molar-refractivity contribution is 5.85. The number of hydrogen-bond donors (Lipinski definition) is 1. The zero-order valence-corrected chi connectivity index (χ0v) is 9.56. The molecule has 82 valence electrons. The van der Waals surface area contributed by atoms with Crippen LogP contribution in [0.15, 0.2) is 0 Å². The van der Waals surface area contributed by atoms with Crippen LogP contribution in [0.25, 0.3) is 0 Å². The predicted octanol–water partition coefficient (Wildman–Crippen LogP) is 0.528. The summed E-state index contributed by atoms with van der Waals surface area (Å²) in [5.41, 5.74) is 0.122. The molecule has 0 unspecified atom stereocenters. The summed E-state index contributed by atoms with van der Waals surface area (Å²) in [6, 6.07) is 0.168. The van der Waals surface area contributed by atoms with Crippen LogP contribution in [0.1, 0.15) is 12.8 Å². The summed E-state index contributed by atoms with van der Waals surface area (Å²) >= 11 is 0. The van der Waals surface area contributed by atoms with Crippen molar-refractivity contribution in [3.63, 3.8) is 0 Å². The number of likely N-dealkylation sites (N-methyl/N-ethyl adjacent to an activating group) is 2. The third-order valence-electron chi connectivity index (χ3n) is 3.39. The van der Waals surface area contributed by atoms with E-state index in [0.717, 1.165) is 32.5 Å². The van der Waals surface area contributed by atoms with Gasteiger partial charge in [0, 0.05) is 20.6 Å². The zero-order chi connectivity index (χ0) is 9.47. The molecule has 2 heterocycles. The first kappa shape index (κ1) is 11.6. The van der Waals surface area contributed by atoms with Gasteiger partial charge < -0.3 is 15.1 Å². The zero-order valence-electron chi connectivity index (χ0n) is 8.75. The lowest BCUT2D eigenvalue weighted by molar-refractivity contribution is 0.148. The Bertz CT molecular complexity index is 228. The Morgan fingerprint density at radius 3 is 2.29 bits per heavy atom. The molecule has 0 saturated carbocycles. The van der Waals surface area contributed by atoms with E-state index in [4.69, 9.17) is 0 Å². The second kappa shape index (κ2) is 3.95. The molecule has 2 fully saturated rings. The first-order chi connectivity index (χ1) is 6.16. The van der Waals surface area contributed by atoms with Crippen LogP contribution in [-0.2, 0) is 0 Å². The van der Waals surface area contributed by atoms with E-state index >= 15 is 0 Å². The molecular formula is C9H18ClN3O. The van der Waals surface area contributed by atoms with Gasteiger partial charge in [0.2, 0.25) is 0 Å². The van der Waals surface area contributed by atoms with Crippen LogP contribution in [0.4, 0.5) is 4.79 Å². The number of urea groups is 1. The molecule has 5 heteroatoms. The van der Waals surface area contributed by atoms with Gasteiger partial charge in [-0.25, -0.2) is 4.79 Å². The predicted molar refractivity (Wildman–Crippen MR) is 57.9 cm³/mol. The molecule has 2 amide bonds. The molecular weight excluding hydrogens is 202 g/mol. The molecule has 4 nitrogen and oxygen atoms in total. The lowest BCUT2D eigenvalue weighted by Crippen LogP contribution is -2.51. The van der Waals surface area contributed by atoms with Crippen molar-refractivity contribution in [2.24, 2.45) is 0 Å². The number of amides is 2. The highest BCUT2D eigenvalue weighted by Gasteiger charge is 2.46. The first-order valence-electron chi connectivity index (χ1n) is 4.85. The van der Waals surface area contributed by atoms with Gasteiger partial charge in [-0.3, -0.25) is 0 Å². The fourth-order valence-corrected chi connectivity index (χ4v) is 2.46. The summed E-state index contributed by atoms with van der Waals surface area (Å²) < 4.78 is 0. The van der Waals surface area contributed by atoms with E-state index in [1.165, 1.54) is 0 Å². The molecule has 2 rings (SSSR count). The molecule has 1 spiro atoms. The molecule has 1 N–H and O–H groups in total. The molecule has 2 aliphatic heterocycles. The van der Waals surface area contributed by atoms with Gasteiger partial charge in [-0.15, -0.1) is 12.4 Å². The van der Waals surface area contributed by atoms with E-state index < -0.39 is 0 Å². The quantitative estimate of drug-likeness (QED) is 0.645. The Labute approximate surface area is 91.0 Å². The van der Waals surface area contributed by atoms with Crippen molar-refractivity contribution >= 4 is 18.4 Å². The summed E-state index contributed by atoms with van der Waals surface area (Å²) in [5, 5.41) is 3.33. The van der Waals surface area contributed by atoms with Crippen LogP contribution in [0.5, 0.6) is 0 Å². The number of piperidine rings is 1. The van der Waals surface area contributed by atoms with Crippen molar-refractivity contribution in [1.29, 1.82) is 0 Å². The minimum atomic E-state index is 0. The molecule has 0 bridgehead atoms. The van der Waals surface area contributed by atoms with E-state index in [0.29, 0.717) is 0 Å². The molecule has 0 aromatic heterocycles. The van der Waals surface area contributed by atoms with Crippen LogP contribution >= 0.6 is 12.4 Å². The van der Waals surface area contributed by atoms with Crippen molar-refractivity contribution in [3.05, 3.63) is 0 Å². The van der Waals surface area contributed by atoms with Gasteiger partial charge in [-0.05, 0) is 25.9 Å². The normalized spacial score (nSPS) is 25.4. The molecule has 2 saturated heterocycles. The Balaban J connectivity index is 0.000000980. The number of rotatable bonds is 0. The van der Waals surface area contributed by atoms with Gasteiger partial charge in [-0.1, -0.05) is 0 Å². The van der Waals surface area contributed by atoms with E-state index in [9.17, 15) is 4.79 Å². The Morgan fingerprint density at radius 1 is 1.29 bits per heavy atom. The number of carbonyl (C=O) groups excluding carboxylic acids is 1. The molecule has 0 aliphatic carbocycles. The van der Waals surface area contributed by atoms with Gasteiger partial charge in [0.05, 0.1) is 5.54 Å². The van der Waals surface area contributed by atoms with Gasteiger partial charge in [0.25, 0.3) is 0 Å². The number of nitrogens with one attached hydrogen (secondary N) is 1. The van der Waals surface area contributed by atoms with Crippen LogP contribution in [0.2, 0.25) is 0 Å². The average Bonchev–Trinajstić information content (AvgIpc) is 2.33. The van der Waals surface area contributed by atoms with E-state index in [2.05, 4.69) is 5.32 Å². The summed E-state index contributed by atoms with van der Waals surface area (Å²) in [7, 11) is 3.81. The monoisotopic (exact) mass is 219 g/mol. The van der Waals surface area contributed by atoms with Gasteiger partial charge in [-0.2, -0.15) is 0 Å². The number of halogens is 1. The Hall–Kier alpha value is -0.480. The highest BCUT2D eigenvalue weighted by atomic mass is 35.5. The van der Waals surface area contributed by atoms with Gasteiger partial charge >= 0.3 is 6.03 Å². The van der Waals surface area contributed by atoms with E-state index in [1.54, 1.807) is 0 Å². The minimum Gasteiger partial charge on any atom is -0.325 e. The topological polar surface area (TPSA) is 35.6 Å². The molecule has 0 radical (unpaired) electrons. The van der Waals surface area contributed by atoms with Crippen molar-refractivity contribution in [2.45, 2.75) is 18.4 Å². The minimum absolute atomic E-state index is 0. The van der Waals surface area contributed by atoms with Crippen LogP contribution in [0, 0.1) is 0 Å². The fourth-order valence-electron chi connectivity index (χ4n) is 2.46. The van der Waals surface area contributed by atoms with Crippen molar-refractivity contribution < 1.29 is 4.79 Å². The standard InChI is InChI=1S/C9H17N3O.ClH/c1-11-7-9(12(2)8(11)13)3-5-10-6-4-9;/h10H,3-7H2,1-2H3;1H. The lowest BCUT2D eigenvalue weighted by Gasteiger charge is -2.38. The number of nitrogens with zero attached hydrogens (tertiary/aromatic N) is 2. The van der Waals surface area contributed by atoms with Crippen LogP contribution < -0.4 is 5.32 Å². The smallest absolute Gasteiger partial charge is 0.320 e. The third-order valence-corrected chi connectivity index (χ3v) is 3.39. The molecule has 0 aromatic rings. The van der Waals surface area contributed by atoms with Gasteiger partial charge in [0.1, 0.15) is 0 Å². The lowest BCUT2D eigenvalue weighted by atomic mass is 9.88. The highest BCUT2D eigenvalue weighted by Crippen LogP contribution is 2.31. The SMILES string of the molecule is CN1CC2(CCNCC2)N(C)C1=O.Cl. The van der Waals surface area contributed by atoms with Crippen molar-refractivity contribution in [1.82, 2.24) is 15.1 Å². The Kier molecular flexibility index (Phi) is 3.27. The molecule has 2 aliphatic rings. The van der Waals surface area contributed by atoms with Crippen LogP contribution in [-0.4, -0.2) is 55.1 Å². The van der Waals surface area contributed by atoms with Gasteiger partial charge in [0.15, 0.2) is 0 Å². The van der Waals surface area contributed by atoms with E-state index in [-0.39, 0.29) is 24.0 Å². The van der Waals surface area contributed by atoms with E-state index in [1.807, 2.05) is 23.9 Å². The Morgan fingerprint density at radius 2 is 1.86 bits per heavy atom. The molecule has 14 heavy (non-hydrogen) atoms. The first-order valence-corrected chi connectivity index (χ1v) is 4.85. The van der Waals surface area contributed by atoms with Crippen molar-refractivity contribution in [3.8, 4) is 0 Å². The second-order valence-corrected chi connectivity index (χ2v) is 4.17. The summed E-state index contributed by atoms with van der Waals surface area (Å²) in [5.74, 6) is 0. The number of hydrogen-bond acceptors (Lipinski definition) is 2. The summed E-state index contributed by atoms with van der Waals surface area (Å²) in [6.45, 7) is 2.96. The van der Waals surface area contributed by atoms with Crippen molar-refractivity contribution in [2.75, 3.05) is 33.7 Å². The van der Waals surface area contributed by atoms with Crippen LogP contribution in [0.3, 0.4) is 0 Å². The maximum absolute atomic E-state index is 11.6. The second-order valence-electron chi connectivity index (χ2n) is 4.17. The largest absolute Gasteiger partial charge is 0.325 e.